The van der Waals surface area contributed by atoms with Crippen LogP contribution in [-0.2, 0) is 4.79 Å². The number of carbonyl (C=O) groups excluding carboxylic acids is 2. The van der Waals surface area contributed by atoms with Crippen LogP contribution in [0.15, 0.2) is 46.0 Å². The van der Waals surface area contributed by atoms with Crippen molar-refractivity contribution in [3.63, 3.8) is 0 Å². The summed E-state index contributed by atoms with van der Waals surface area (Å²) in [5.74, 6) is 0.508. The molecule has 0 aromatic heterocycles. The van der Waals surface area contributed by atoms with Crippen molar-refractivity contribution in [1.82, 2.24) is 5.43 Å². The van der Waals surface area contributed by atoms with Crippen LogP contribution >= 0.6 is 15.9 Å². The molecule has 0 atom stereocenters. The Labute approximate surface area is 159 Å². The molecule has 0 saturated carbocycles. The molecule has 0 aliphatic rings. The number of nitrogens with zero attached hydrogens (tertiary/aromatic N) is 1. The largest absolute Gasteiger partial charge is 0.493 e. The highest BCUT2D eigenvalue weighted by Crippen LogP contribution is 2.35. The first-order valence-electron chi connectivity index (χ1n) is 7.57. The number of nitrogens with one attached hydrogen (secondary N) is 2. The van der Waals surface area contributed by atoms with Gasteiger partial charge in [0.25, 0.3) is 5.91 Å². The van der Waals surface area contributed by atoms with Crippen molar-refractivity contribution in [2.75, 3.05) is 19.5 Å². The van der Waals surface area contributed by atoms with E-state index in [9.17, 15) is 9.59 Å². The number of amides is 2. The molecular formula is C18H18BrN3O4. The third-order valence-corrected chi connectivity index (χ3v) is 3.87. The van der Waals surface area contributed by atoms with Crippen LogP contribution in [0.2, 0.25) is 0 Å². The summed E-state index contributed by atoms with van der Waals surface area (Å²) in [5.41, 5.74) is 4.07. The number of halogens is 1. The predicted molar refractivity (Wildman–Crippen MR) is 103 cm³/mol. The molecule has 2 rings (SSSR count). The van der Waals surface area contributed by atoms with E-state index in [4.69, 9.17) is 9.47 Å². The Balaban J connectivity index is 2.10. The second-order valence-electron chi connectivity index (χ2n) is 5.20. The second-order valence-corrected chi connectivity index (χ2v) is 6.05. The highest BCUT2D eigenvalue weighted by atomic mass is 79.9. The van der Waals surface area contributed by atoms with Crippen LogP contribution in [0.3, 0.4) is 0 Å². The molecule has 136 valence electrons. The van der Waals surface area contributed by atoms with Gasteiger partial charge in [-0.15, -0.1) is 0 Å². The third-order valence-electron chi connectivity index (χ3n) is 3.28. The molecule has 2 amide bonds. The van der Waals surface area contributed by atoms with Gasteiger partial charge in [-0.2, -0.15) is 5.10 Å². The lowest BCUT2D eigenvalue weighted by Gasteiger charge is -2.10. The summed E-state index contributed by atoms with van der Waals surface area (Å²) in [7, 11) is 3.08. The first-order chi connectivity index (χ1) is 12.4. The maximum absolute atomic E-state index is 12.2. The highest BCUT2D eigenvalue weighted by Gasteiger charge is 2.10. The predicted octanol–water partition coefficient (Wildman–Crippen LogP) is 3.19. The van der Waals surface area contributed by atoms with Gasteiger partial charge >= 0.3 is 0 Å². The van der Waals surface area contributed by atoms with Gasteiger partial charge in [-0.25, -0.2) is 5.43 Å². The number of carbonyl (C=O) groups is 2. The molecule has 0 saturated heterocycles. The van der Waals surface area contributed by atoms with Crippen molar-refractivity contribution < 1.29 is 19.1 Å². The van der Waals surface area contributed by atoms with Gasteiger partial charge in [-0.1, -0.05) is 6.07 Å². The van der Waals surface area contributed by atoms with Crippen LogP contribution in [0.5, 0.6) is 11.5 Å². The molecule has 8 heteroatoms. The molecule has 7 nitrogen and oxygen atoms in total. The minimum absolute atomic E-state index is 0.209. The zero-order valence-corrected chi connectivity index (χ0v) is 16.1. The Kier molecular flexibility index (Phi) is 6.74. The maximum atomic E-state index is 12.2. The van der Waals surface area contributed by atoms with E-state index in [1.807, 2.05) is 0 Å². The van der Waals surface area contributed by atoms with Gasteiger partial charge in [-0.05, 0) is 51.8 Å². The number of rotatable bonds is 6. The number of hydrazone groups is 1. The van der Waals surface area contributed by atoms with Gasteiger partial charge in [0, 0.05) is 18.2 Å². The average molecular weight is 420 g/mol. The monoisotopic (exact) mass is 419 g/mol. The molecule has 0 aliphatic heterocycles. The van der Waals surface area contributed by atoms with Crippen LogP contribution in [-0.4, -0.2) is 32.2 Å². The van der Waals surface area contributed by atoms with Crippen molar-refractivity contribution in [2.45, 2.75) is 6.92 Å². The fourth-order valence-corrected chi connectivity index (χ4v) is 2.81. The Morgan fingerprint density at radius 3 is 2.58 bits per heavy atom. The van der Waals surface area contributed by atoms with E-state index >= 15 is 0 Å². The van der Waals surface area contributed by atoms with Crippen molar-refractivity contribution in [1.29, 1.82) is 0 Å². The SMILES string of the molecule is COc1cc(C=NNC(=O)c2cccc(NC(C)=O)c2)cc(Br)c1OC. The van der Waals surface area contributed by atoms with Crippen LogP contribution in [0.1, 0.15) is 22.8 Å². The Hall–Kier alpha value is -2.87. The van der Waals surface area contributed by atoms with E-state index in [2.05, 4.69) is 31.8 Å². The molecule has 0 heterocycles. The summed E-state index contributed by atoms with van der Waals surface area (Å²) in [6, 6.07) is 10.1. The van der Waals surface area contributed by atoms with Gasteiger partial charge in [0.15, 0.2) is 11.5 Å². The lowest BCUT2D eigenvalue weighted by molar-refractivity contribution is -0.114. The molecule has 2 aromatic carbocycles. The number of benzene rings is 2. The van der Waals surface area contributed by atoms with Crippen LogP contribution in [0, 0.1) is 0 Å². The van der Waals surface area contributed by atoms with E-state index in [0.717, 1.165) is 0 Å². The Morgan fingerprint density at radius 1 is 1.15 bits per heavy atom. The van der Waals surface area contributed by atoms with Gasteiger partial charge in [-0.3, -0.25) is 9.59 Å². The third kappa shape index (κ3) is 5.06. The minimum Gasteiger partial charge on any atom is -0.493 e. The van der Waals surface area contributed by atoms with E-state index in [1.54, 1.807) is 43.5 Å². The van der Waals surface area contributed by atoms with Crippen LogP contribution < -0.4 is 20.2 Å². The van der Waals surface area contributed by atoms with E-state index in [0.29, 0.717) is 32.8 Å². The molecule has 2 aromatic rings. The van der Waals surface area contributed by atoms with E-state index in [-0.39, 0.29) is 5.91 Å². The number of hydrogen-bond donors (Lipinski definition) is 2. The topological polar surface area (TPSA) is 89.0 Å². The van der Waals surface area contributed by atoms with Crippen molar-refractivity contribution in [3.8, 4) is 11.5 Å². The Morgan fingerprint density at radius 2 is 1.92 bits per heavy atom. The lowest BCUT2D eigenvalue weighted by Crippen LogP contribution is -2.18. The zero-order chi connectivity index (χ0) is 19.1. The molecule has 0 spiro atoms. The van der Waals surface area contributed by atoms with Crippen molar-refractivity contribution in [3.05, 3.63) is 52.0 Å². The minimum atomic E-state index is -0.395. The standard InChI is InChI=1S/C18H18BrN3O4/c1-11(23)21-14-6-4-5-13(9-14)18(24)22-20-10-12-7-15(19)17(26-3)16(8-12)25-2/h4-10H,1-3H3,(H,21,23)(H,22,24). The van der Waals surface area contributed by atoms with Crippen LogP contribution in [0.4, 0.5) is 5.69 Å². The number of ether oxygens (including phenoxy) is 2. The quantitative estimate of drug-likeness (QED) is 0.555. The maximum Gasteiger partial charge on any atom is 0.271 e. The molecule has 2 N–H and O–H groups in total. The average Bonchev–Trinajstić information content (AvgIpc) is 2.60. The number of hydrogen-bond acceptors (Lipinski definition) is 5. The Bertz CT molecular complexity index is 852. The van der Waals surface area contributed by atoms with Gasteiger partial charge in [0.05, 0.1) is 24.9 Å². The van der Waals surface area contributed by atoms with Crippen LogP contribution in [0.25, 0.3) is 0 Å². The normalized spacial score (nSPS) is 10.5. The van der Waals surface area contributed by atoms with Crippen molar-refractivity contribution in [2.24, 2.45) is 5.10 Å². The second kappa shape index (κ2) is 9.00. The molecule has 0 bridgehead atoms. The summed E-state index contributed by atoms with van der Waals surface area (Å²) in [6.07, 6.45) is 1.49. The highest BCUT2D eigenvalue weighted by molar-refractivity contribution is 9.10. The molecule has 0 unspecified atom stereocenters. The summed E-state index contributed by atoms with van der Waals surface area (Å²) < 4.78 is 11.2. The molecule has 26 heavy (non-hydrogen) atoms. The molecular weight excluding hydrogens is 402 g/mol. The van der Waals surface area contributed by atoms with Gasteiger partial charge < -0.3 is 14.8 Å². The van der Waals surface area contributed by atoms with E-state index in [1.165, 1.54) is 20.2 Å². The molecule has 0 aliphatic carbocycles. The van der Waals surface area contributed by atoms with Crippen molar-refractivity contribution >= 4 is 39.6 Å². The molecule has 0 fully saturated rings. The zero-order valence-electron chi connectivity index (χ0n) is 14.5. The first-order valence-corrected chi connectivity index (χ1v) is 8.36. The fourth-order valence-electron chi connectivity index (χ4n) is 2.18. The fraction of sp³-hybridized carbons (Fsp3) is 0.167. The smallest absolute Gasteiger partial charge is 0.271 e. The number of methoxy groups -OCH3 is 2. The summed E-state index contributed by atoms with van der Waals surface area (Å²) in [5, 5.41) is 6.57. The first kappa shape index (κ1) is 19.5. The summed E-state index contributed by atoms with van der Waals surface area (Å²) in [4.78, 5) is 23.3. The van der Waals surface area contributed by atoms with Gasteiger partial charge in [0.1, 0.15) is 0 Å². The van der Waals surface area contributed by atoms with E-state index < -0.39 is 5.91 Å². The lowest BCUT2D eigenvalue weighted by atomic mass is 10.2. The number of anilines is 1. The molecule has 0 radical (unpaired) electrons. The summed E-state index contributed by atoms with van der Waals surface area (Å²) >= 11 is 3.40. The summed E-state index contributed by atoms with van der Waals surface area (Å²) in [6.45, 7) is 1.40. The van der Waals surface area contributed by atoms with Gasteiger partial charge in [0.2, 0.25) is 5.91 Å².